The van der Waals surface area contributed by atoms with Crippen molar-refractivity contribution in [3.05, 3.63) is 36.6 Å². The molecule has 1 unspecified atom stereocenters. The third kappa shape index (κ3) is 1.52. The van der Waals surface area contributed by atoms with Crippen LogP contribution in [0.2, 0.25) is 0 Å². The SMILES string of the molecule is CC(O)c1ccncc1-c1cnco1. The second-order valence-electron chi connectivity index (χ2n) is 3.00. The first kappa shape index (κ1) is 8.90. The Morgan fingerprint density at radius 1 is 1.36 bits per heavy atom. The van der Waals surface area contributed by atoms with Crippen LogP contribution < -0.4 is 0 Å². The number of hydrogen-bond donors (Lipinski definition) is 1. The van der Waals surface area contributed by atoms with Crippen LogP contribution in [0.1, 0.15) is 18.6 Å². The second-order valence-corrected chi connectivity index (χ2v) is 3.00. The summed E-state index contributed by atoms with van der Waals surface area (Å²) < 4.78 is 5.15. The fourth-order valence-corrected chi connectivity index (χ4v) is 1.32. The van der Waals surface area contributed by atoms with Crippen molar-refractivity contribution >= 4 is 0 Å². The molecule has 0 aliphatic heterocycles. The van der Waals surface area contributed by atoms with Crippen molar-refractivity contribution in [2.75, 3.05) is 0 Å². The molecule has 1 atom stereocenters. The third-order valence-corrected chi connectivity index (χ3v) is 2.00. The standard InChI is InChI=1S/C10H10N2O2/c1-7(13)8-2-3-11-4-9(8)10-5-12-6-14-10/h2-7,13H,1H3. The molecule has 2 aromatic heterocycles. The lowest BCUT2D eigenvalue weighted by Gasteiger charge is -2.08. The number of aliphatic hydroxyl groups excluding tert-OH is 1. The van der Waals surface area contributed by atoms with Crippen molar-refractivity contribution in [3.8, 4) is 11.3 Å². The van der Waals surface area contributed by atoms with E-state index in [2.05, 4.69) is 9.97 Å². The van der Waals surface area contributed by atoms with Gasteiger partial charge in [0.1, 0.15) is 0 Å². The van der Waals surface area contributed by atoms with Crippen molar-refractivity contribution in [1.82, 2.24) is 9.97 Å². The molecule has 0 saturated heterocycles. The third-order valence-electron chi connectivity index (χ3n) is 2.00. The van der Waals surface area contributed by atoms with Gasteiger partial charge in [-0.25, -0.2) is 4.98 Å². The molecular weight excluding hydrogens is 180 g/mol. The maximum Gasteiger partial charge on any atom is 0.181 e. The lowest BCUT2D eigenvalue weighted by atomic mass is 10.0. The van der Waals surface area contributed by atoms with E-state index in [9.17, 15) is 5.11 Å². The maximum atomic E-state index is 9.51. The van der Waals surface area contributed by atoms with Gasteiger partial charge >= 0.3 is 0 Å². The molecule has 0 bridgehead atoms. The minimum atomic E-state index is -0.543. The highest BCUT2D eigenvalue weighted by atomic mass is 16.3. The Balaban J connectivity index is 2.53. The van der Waals surface area contributed by atoms with E-state index in [1.54, 1.807) is 31.6 Å². The van der Waals surface area contributed by atoms with Crippen molar-refractivity contribution in [2.24, 2.45) is 0 Å². The molecule has 0 aliphatic rings. The number of aromatic nitrogens is 2. The Bertz CT molecular complexity index is 410. The van der Waals surface area contributed by atoms with Crippen LogP contribution in [0.5, 0.6) is 0 Å². The van der Waals surface area contributed by atoms with Gasteiger partial charge in [0.25, 0.3) is 0 Å². The first-order chi connectivity index (χ1) is 6.79. The average Bonchev–Trinajstić information content (AvgIpc) is 2.70. The largest absolute Gasteiger partial charge is 0.443 e. The predicted octanol–water partition coefficient (Wildman–Crippen LogP) is 1.79. The van der Waals surface area contributed by atoms with E-state index >= 15 is 0 Å². The van der Waals surface area contributed by atoms with Gasteiger partial charge in [-0.2, -0.15) is 0 Å². The average molecular weight is 190 g/mol. The minimum absolute atomic E-state index is 0.543. The van der Waals surface area contributed by atoms with Gasteiger partial charge in [-0.3, -0.25) is 4.98 Å². The van der Waals surface area contributed by atoms with E-state index < -0.39 is 6.10 Å². The topological polar surface area (TPSA) is 59.2 Å². The Labute approximate surface area is 81.2 Å². The van der Waals surface area contributed by atoms with Crippen LogP contribution >= 0.6 is 0 Å². The molecule has 14 heavy (non-hydrogen) atoms. The zero-order valence-electron chi connectivity index (χ0n) is 7.71. The van der Waals surface area contributed by atoms with Gasteiger partial charge < -0.3 is 9.52 Å². The Kier molecular flexibility index (Phi) is 2.28. The minimum Gasteiger partial charge on any atom is -0.443 e. The van der Waals surface area contributed by atoms with Crippen molar-refractivity contribution in [3.63, 3.8) is 0 Å². The van der Waals surface area contributed by atoms with Gasteiger partial charge in [-0.05, 0) is 18.6 Å². The van der Waals surface area contributed by atoms with Gasteiger partial charge in [0.15, 0.2) is 12.2 Å². The van der Waals surface area contributed by atoms with Crippen LogP contribution in [-0.4, -0.2) is 15.1 Å². The smallest absolute Gasteiger partial charge is 0.181 e. The van der Waals surface area contributed by atoms with E-state index in [4.69, 9.17) is 4.42 Å². The molecule has 0 fully saturated rings. The molecule has 4 nitrogen and oxygen atoms in total. The monoisotopic (exact) mass is 190 g/mol. The summed E-state index contributed by atoms with van der Waals surface area (Å²) >= 11 is 0. The van der Waals surface area contributed by atoms with Gasteiger partial charge in [0.05, 0.1) is 12.3 Å². The number of aliphatic hydroxyl groups is 1. The van der Waals surface area contributed by atoms with Gasteiger partial charge in [0, 0.05) is 18.0 Å². The molecular formula is C10H10N2O2. The van der Waals surface area contributed by atoms with Crippen LogP contribution in [0.4, 0.5) is 0 Å². The molecule has 0 amide bonds. The lowest BCUT2D eigenvalue weighted by Crippen LogP contribution is -1.94. The summed E-state index contributed by atoms with van der Waals surface area (Å²) in [5.41, 5.74) is 1.57. The van der Waals surface area contributed by atoms with E-state index in [-0.39, 0.29) is 0 Å². The Morgan fingerprint density at radius 2 is 2.21 bits per heavy atom. The van der Waals surface area contributed by atoms with E-state index in [0.717, 1.165) is 11.1 Å². The first-order valence-corrected chi connectivity index (χ1v) is 4.30. The summed E-state index contributed by atoms with van der Waals surface area (Å²) in [5, 5.41) is 9.51. The second kappa shape index (κ2) is 3.59. The predicted molar refractivity (Wildman–Crippen MR) is 50.4 cm³/mol. The maximum absolute atomic E-state index is 9.51. The zero-order valence-corrected chi connectivity index (χ0v) is 7.71. The summed E-state index contributed by atoms with van der Waals surface area (Å²) in [6.07, 6.45) is 5.71. The molecule has 4 heteroatoms. The van der Waals surface area contributed by atoms with Crippen molar-refractivity contribution in [2.45, 2.75) is 13.0 Å². The summed E-state index contributed by atoms with van der Waals surface area (Å²) in [5.74, 6) is 0.619. The first-order valence-electron chi connectivity index (χ1n) is 4.30. The van der Waals surface area contributed by atoms with Crippen molar-refractivity contribution < 1.29 is 9.52 Å². The highest BCUT2D eigenvalue weighted by molar-refractivity contribution is 5.60. The van der Waals surface area contributed by atoms with Crippen molar-refractivity contribution in [1.29, 1.82) is 0 Å². The lowest BCUT2D eigenvalue weighted by molar-refractivity contribution is 0.199. The highest BCUT2D eigenvalue weighted by Crippen LogP contribution is 2.26. The number of pyridine rings is 1. The van der Waals surface area contributed by atoms with Gasteiger partial charge in [-0.15, -0.1) is 0 Å². The summed E-state index contributed by atoms with van der Waals surface area (Å²) in [7, 11) is 0. The summed E-state index contributed by atoms with van der Waals surface area (Å²) in [4.78, 5) is 7.81. The van der Waals surface area contributed by atoms with E-state index in [1.807, 2.05) is 0 Å². The molecule has 0 aliphatic carbocycles. The van der Waals surface area contributed by atoms with Crippen LogP contribution in [0.25, 0.3) is 11.3 Å². The van der Waals surface area contributed by atoms with Crippen LogP contribution in [0, 0.1) is 0 Å². The molecule has 0 radical (unpaired) electrons. The zero-order chi connectivity index (χ0) is 9.97. The fraction of sp³-hybridized carbons (Fsp3) is 0.200. The highest BCUT2D eigenvalue weighted by Gasteiger charge is 2.11. The Morgan fingerprint density at radius 3 is 2.86 bits per heavy atom. The molecule has 0 aromatic carbocycles. The summed E-state index contributed by atoms with van der Waals surface area (Å²) in [6.45, 7) is 1.70. The fourth-order valence-electron chi connectivity index (χ4n) is 1.32. The molecule has 0 spiro atoms. The quantitative estimate of drug-likeness (QED) is 0.784. The number of nitrogens with zero attached hydrogens (tertiary/aromatic N) is 2. The molecule has 2 rings (SSSR count). The van der Waals surface area contributed by atoms with Gasteiger partial charge in [0.2, 0.25) is 0 Å². The normalized spacial score (nSPS) is 12.7. The van der Waals surface area contributed by atoms with E-state index in [1.165, 1.54) is 6.39 Å². The molecule has 1 N–H and O–H groups in total. The molecule has 72 valence electrons. The number of hydrogen-bond acceptors (Lipinski definition) is 4. The van der Waals surface area contributed by atoms with Gasteiger partial charge in [-0.1, -0.05) is 0 Å². The Hall–Kier alpha value is -1.68. The van der Waals surface area contributed by atoms with E-state index in [0.29, 0.717) is 5.76 Å². The number of rotatable bonds is 2. The summed E-state index contributed by atoms with van der Waals surface area (Å²) in [6, 6.07) is 1.77. The number of oxazole rings is 1. The molecule has 2 heterocycles. The molecule has 2 aromatic rings. The van der Waals surface area contributed by atoms with Crippen LogP contribution in [0.15, 0.2) is 35.5 Å². The van der Waals surface area contributed by atoms with Crippen LogP contribution in [0.3, 0.4) is 0 Å². The van der Waals surface area contributed by atoms with Crippen LogP contribution in [-0.2, 0) is 0 Å². The molecule has 0 saturated carbocycles.